The van der Waals surface area contributed by atoms with Gasteiger partial charge in [-0.25, -0.2) is 0 Å². The van der Waals surface area contributed by atoms with Gasteiger partial charge in [-0.3, -0.25) is 19.7 Å². The number of nitrogens with one attached hydrogen (secondary N) is 1. The maximum atomic E-state index is 12.1. The van der Waals surface area contributed by atoms with Crippen LogP contribution in [0.1, 0.15) is 5.56 Å². The Morgan fingerprint density at radius 1 is 1.35 bits per heavy atom. The molecular formula is C10H7F3N2O5. The molecule has 0 unspecified atom stereocenters. The molecule has 0 spiro atoms. The lowest BCUT2D eigenvalue weighted by Gasteiger charge is -2.09. The van der Waals surface area contributed by atoms with E-state index in [0.717, 1.165) is 18.2 Å². The lowest BCUT2D eigenvalue weighted by atomic mass is 10.1. The van der Waals surface area contributed by atoms with E-state index in [-0.39, 0.29) is 5.56 Å². The highest BCUT2D eigenvalue weighted by Crippen LogP contribution is 2.27. The number of nitrogens with zero attached hydrogens (tertiary/aromatic N) is 1. The molecule has 1 amide bonds. The molecule has 1 rings (SSSR count). The Morgan fingerprint density at radius 3 is 2.40 bits per heavy atom. The van der Waals surface area contributed by atoms with E-state index < -0.39 is 40.8 Å². The van der Waals surface area contributed by atoms with E-state index in [1.54, 1.807) is 0 Å². The van der Waals surface area contributed by atoms with Gasteiger partial charge in [0.1, 0.15) is 5.69 Å². The van der Waals surface area contributed by atoms with Crippen LogP contribution in [0.25, 0.3) is 0 Å². The second-order valence-electron chi connectivity index (χ2n) is 3.63. The van der Waals surface area contributed by atoms with Crippen molar-refractivity contribution >= 4 is 23.3 Å². The van der Waals surface area contributed by atoms with Crippen LogP contribution >= 0.6 is 0 Å². The molecule has 0 saturated carbocycles. The van der Waals surface area contributed by atoms with Crippen molar-refractivity contribution in [3.63, 3.8) is 0 Å². The van der Waals surface area contributed by atoms with Gasteiger partial charge < -0.3 is 10.4 Å². The number of carboxylic acids is 1. The highest BCUT2D eigenvalue weighted by molar-refractivity contribution is 5.97. The van der Waals surface area contributed by atoms with Gasteiger partial charge in [-0.2, -0.15) is 13.2 Å². The van der Waals surface area contributed by atoms with Crippen molar-refractivity contribution < 1.29 is 32.8 Å². The Bertz CT molecular complexity index is 571. The standard InChI is InChI=1S/C10H7F3N2O5/c11-10(12,13)9(18)14-6-3-5(4-8(16)17)1-2-7(6)15(19)20/h1-3H,4H2,(H,14,18)(H,16,17). The number of carbonyl (C=O) groups is 2. The molecule has 108 valence electrons. The number of amides is 1. The smallest absolute Gasteiger partial charge is 0.471 e. The highest BCUT2D eigenvalue weighted by Gasteiger charge is 2.39. The van der Waals surface area contributed by atoms with E-state index >= 15 is 0 Å². The van der Waals surface area contributed by atoms with Gasteiger partial charge in [0.2, 0.25) is 0 Å². The van der Waals surface area contributed by atoms with Gasteiger partial charge in [0.25, 0.3) is 5.69 Å². The van der Waals surface area contributed by atoms with Gasteiger partial charge in [-0.05, 0) is 11.6 Å². The summed E-state index contributed by atoms with van der Waals surface area (Å²) in [4.78, 5) is 30.9. The van der Waals surface area contributed by atoms with Crippen LogP contribution in [-0.2, 0) is 16.0 Å². The number of nitro benzene ring substituents is 1. The molecule has 2 N–H and O–H groups in total. The molecule has 0 radical (unpaired) electrons. The third kappa shape index (κ3) is 3.93. The van der Waals surface area contributed by atoms with Crippen molar-refractivity contribution in [2.45, 2.75) is 12.6 Å². The van der Waals surface area contributed by atoms with E-state index in [4.69, 9.17) is 5.11 Å². The number of hydrogen-bond acceptors (Lipinski definition) is 4. The second kappa shape index (κ2) is 5.55. The first-order chi connectivity index (χ1) is 9.11. The minimum Gasteiger partial charge on any atom is -0.481 e. The normalized spacial score (nSPS) is 10.9. The molecule has 0 fully saturated rings. The predicted molar refractivity (Wildman–Crippen MR) is 59.1 cm³/mol. The number of rotatable bonds is 4. The summed E-state index contributed by atoms with van der Waals surface area (Å²) in [6.45, 7) is 0. The molecule has 0 aliphatic heterocycles. The maximum Gasteiger partial charge on any atom is 0.471 e. The van der Waals surface area contributed by atoms with Crippen molar-refractivity contribution in [1.82, 2.24) is 0 Å². The minimum absolute atomic E-state index is 0.0144. The van der Waals surface area contributed by atoms with Crippen LogP contribution in [0, 0.1) is 10.1 Å². The molecule has 1 aromatic rings. The lowest BCUT2D eigenvalue weighted by Crippen LogP contribution is -2.30. The third-order valence-corrected chi connectivity index (χ3v) is 2.12. The molecule has 0 aliphatic rings. The van der Waals surface area contributed by atoms with Crippen LogP contribution < -0.4 is 5.32 Å². The van der Waals surface area contributed by atoms with E-state index in [1.165, 1.54) is 5.32 Å². The SMILES string of the molecule is O=C(O)Cc1ccc([N+](=O)[O-])c(NC(=O)C(F)(F)F)c1. The van der Waals surface area contributed by atoms with Crippen LogP contribution in [0.3, 0.4) is 0 Å². The monoisotopic (exact) mass is 292 g/mol. The van der Waals surface area contributed by atoms with Crippen LogP contribution in [0.2, 0.25) is 0 Å². The first kappa shape index (κ1) is 15.4. The van der Waals surface area contributed by atoms with E-state index in [0.29, 0.717) is 0 Å². The fraction of sp³-hybridized carbons (Fsp3) is 0.200. The first-order valence-corrected chi connectivity index (χ1v) is 4.98. The van der Waals surface area contributed by atoms with Gasteiger partial charge in [0.05, 0.1) is 11.3 Å². The fourth-order valence-electron chi connectivity index (χ4n) is 1.32. The van der Waals surface area contributed by atoms with Gasteiger partial charge in [-0.15, -0.1) is 0 Å². The predicted octanol–water partition coefficient (Wildman–Crippen LogP) is 1.72. The summed E-state index contributed by atoms with van der Waals surface area (Å²) in [6, 6.07) is 2.72. The van der Waals surface area contributed by atoms with Crippen molar-refractivity contribution in [2.24, 2.45) is 0 Å². The zero-order valence-corrected chi connectivity index (χ0v) is 9.60. The Kier molecular flexibility index (Phi) is 4.27. The summed E-state index contributed by atoms with van der Waals surface area (Å²) in [5.41, 5.74) is -1.46. The quantitative estimate of drug-likeness (QED) is 0.648. The molecule has 0 heterocycles. The summed E-state index contributed by atoms with van der Waals surface area (Å²) in [6.07, 6.45) is -5.76. The Morgan fingerprint density at radius 2 is 1.95 bits per heavy atom. The summed E-state index contributed by atoms with van der Waals surface area (Å²) in [5.74, 6) is -3.65. The average Bonchev–Trinajstić information content (AvgIpc) is 2.26. The van der Waals surface area contributed by atoms with Gasteiger partial charge >= 0.3 is 18.1 Å². The Labute approximate surface area is 109 Å². The topological polar surface area (TPSA) is 110 Å². The van der Waals surface area contributed by atoms with Gasteiger partial charge in [0.15, 0.2) is 0 Å². The summed E-state index contributed by atoms with van der Waals surface area (Å²) >= 11 is 0. The van der Waals surface area contributed by atoms with Gasteiger partial charge in [-0.1, -0.05) is 6.07 Å². The van der Waals surface area contributed by atoms with Crippen LogP contribution in [0.15, 0.2) is 18.2 Å². The van der Waals surface area contributed by atoms with Crippen LogP contribution in [0.5, 0.6) is 0 Å². The molecule has 10 heteroatoms. The largest absolute Gasteiger partial charge is 0.481 e. The zero-order valence-electron chi connectivity index (χ0n) is 9.60. The molecule has 0 atom stereocenters. The zero-order chi connectivity index (χ0) is 15.5. The number of anilines is 1. The maximum absolute atomic E-state index is 12.1. The van der Waals surface area contributed by atoms with Crippen LogP contribution in [-0.4, -0.2) is 28.1 Å². The average molecular weight is 292 g/mol. The Hall–Kier alpha value is -2.65. The third-order valence-electron chi connectivity index (χ3n) is 2.12. The molecular weight excluding hydrogens is 285 g/mol. The van der Waals surface area contributed by atoms with Crippen molar-refractivity contribution in [3.05, 3.63) is 33.9 Å². The minimum atomic E-state index is -5.21. The van der Waals surface area contributed by atoms with Gasteiger partial charge in [0, 0.05) is 6.07 Å². The molecule has 0 bridgehead atoms. The van der Waals surface area contributed by atoms with Crippen molar-refractivity contribution in [1.29, 1.82) is 0 Å². The summed E-state index contributed by atoms with van der Waals surface area (Å²) in [5, 5.41) is 20.5. The number of aliphatic carboxylic acids is 1. The number of benzene rings is 1. The molecule has 1 aromatic carbocycles. The number of carbonyl (C=O) groups excluding carboxylic acids is 1. The van der Waals surface area contributed by atoms with E-state index in [1.807, 2.05) is 0 Å². The molecule has 0 aromatic heterocycles. The molecule has 0 saturated heterocycles. The first-order valence-electron chi connectivity index (χ1n) is 4.98. The van der Waals surface area contributed by atoms with Crippen LogP contribution in [0.4, 0.5) is 24.5 Å². The van der Waals surface area contributed by atoms with Crippen molar-refractivity contribution in [3.8, 4) is 0 Å². The highest BCUT2D eigenvalue weighted by atomic mass is 19.4. The number of alkyl halides is 3. The van der Waals surface area contributed by atoms with E-state index in [2.05, 4.69) is 0 Å². The fourth-order valence-corrected chi connectivity index (χ4v) is 1.32. The summed E-state index contributed by atoms with van der Waals surface area (Å²) < 4.78 is 36.3. The second-order valence-corrected chi connectivity index (χ2v) is 3.63. The lowest BCUT2D eigenvalue weighted by molar-refractivity contribution is -0.384. The number of carboxylic acid groups (broad SMARTS) is 1. The molecule has 20 heavy (non-hydrogen) atoms. The molecule has 0 aliphatic carbocycles. The number of nitro groups is 1. The summed E-state index contributed by atoms with van der Waals surface area (Å²) in [7, 11) is 0. The Balaban J connectivity index is 3.15. The van der Waals surface area contributed by atoms with Crippen molar-refractivity contribution in [2.75, 3.05) is 5.32 Å². The molecule has 7 nitrogen and oxygen atoms in total. The van der Waals surface area contributed by atoms with E-state index in [9.17, 15) is 32.9 Å². The number of hydrogen-bond donors (Lipinski definition) is 2. The number of halogens is 3.